The topological polar surface area (TPSA) is 99.8 Å². The largest absolute Gasteiger partial charge is 0.440 e. The predicted octanol–water partition coefficient (Wildman–Crippen LogP) is 2.23. The molecule has 0 fully saturated rings. The average molecular weight is 349 g/mol. The van der Waals surface area contributed by atoms with Gasteiger partial charge in [-0.15, -0.1) is 21.5 Å². The van der Waals surface area contributed by atoms with E-state index in [2.05, 4.69) is 15.2 Å². The van der Waals surface area contributed by atoms with Crippen molar-refractivity contribution in [3.05, 3.63) is 45.0 Å². The van der Waals surface area contributed by atoms with Crippen LogP contribution in [0.3, 0.4) is 0 Å². The summed E-state index contributed by atoms with van der Waals surface area (Å²) in [5, 5.41) is 10.2. The molecule has 3 heterocycles. The molecule has 0 aliphatic rings. The number of oxazole rings is 1. The number of thiophene rings is 1. The summed E-state index contributed by atoms with van der Waals surface area (Å²) in [7, 11) is 0. The number of nitrogens with two attached hydrogens (primary N) is 1. The second-order valence-corrected chi connectivity index (χ2v) is 6.64. The Balaban J connectivity index is 1.79. The van der Waals surface area contributed by atoms with E-state index in [9.17, 15) is 4.79 Å². The third-order valence-corrected chi connectivity index (χ3v) is 5.04. The van der Waals surface area contributed by atoms with E-state index in [4.69, 9.17) is 10.3 Å². The zero-order valence-electron chi connectivity index (χ0n) is 12.6. The fourth-order valence-corrected chi connectivity index (χ4v) is 3.44. The number of thioether (sulfide) groups is 1. The Bertz CT molecular complexity index is 870. The van der Waals surface area contributed by atoms with Gasteiger partial charge in [0.1, 0.15) is 11.5 Å². The number of nitrogens with zero attached hydrogens (tertiary/aromatic N) is 4. The summed E-state index contributed by atoms with van der Waals surface area (Å²) in [6.07, 6.45) is 0.501. The number of hydrogen-bond donors (Lipinski definition) is 1. The second-order valence-electron chi connectivity index (χ2n) is 4.75. The van der Waals surface area contributed by atoms with Crippen LogP contribution in [0.25, 0.3) is 10.8 Å². The second kappa shape index (κ2) is 6.55. The Kier molecular flexibility index (Phi) is 4.49. The first kappa shape index (κ1) is 15.8. The normalized spacial score (nSPS) is 11.0. The molecule has 2 N–H and O–H groups in total. The van der Waals surface area contributed by atoms with Gasteiger partial charge in [-0.05, 0) is 24.8 Å². The molecule has 0 atom stereocenters. The van der Waals surface area contributed by atoms with Crippen molar-refractivity contribution in [2.45, 2.75) is 31.2 Å². The third kappa shape index (κ3) is 3.15. The maximum absolute atomic E-state index is 11.9. The summed E-state index contributed by atoms with van der Waals surface area (Å²) in [6.45, 7) is 3.70. The smallest absolute Gasteiger partial charge is 0.294 e. The van der Waals surface area contributed by atoms with Crippen LogP contribution < -0.4 is 11.4 Å². The van der Waals surface area contributed by atoms with Crippen molar-refractivity contribution in [3.8, 4) is 10.8 Å². The van der Waals surface area contributed by atoms with Gasteiger partial charge in [-0.3, -0.25) is 4.79 Å². The van der Waals surface area contributed by atoms with E-state index in [1.54, 1.807) is 11.3 Å². The maximum Gasteiger partial charge on any atom is 0.294 e. The molecule has 0 amide bonds. The standard InChI is InChI=1S/C14H15N5O2S2/c1-3-9-13(20)19(15)14(18-17-9)23-7-10-8(2)21-12(16-10)11-5-4-6-22-11/h4-6H,3,7,15H2,1-2H3. The summed E-state index contributed by atoms with van der Waals surface area (Å²) in [5.41, 5.74) is 0.836. The molecule has 23 heavy (non-hydrogen) atoms. The molecule has 0 aliphatic heterocycles. The minimum Gasteiger partial charge on any atom is -0.440 e. The lowest BCUT2D eigenvalue weighted by molar-refractivity contribution is 0.542. The molecular weight excluding hydrogens is 334 g/mol. The summed E-state index contributed by atoms with van der Waals surface area (Å²) in [5.74, 6) is 7.62. The Morgan fingerprint density at radius 1 is 1.39 bits per heavy atom. The molecule has 9 heteroatoms. The Labute approximate surface area is 140 Å². The van der Waals surface area contributed by atoms with Crippen molar-refractivity contribution in [2.24, 2.45) is 0 Å². The number of rotatable bonds is 5. The van der Waals surface area contributed by atoms with Crippen LogP contribution in [0, 0.1) is 6.92 Å². The highest BCUT2D eigenvalue weighted by Crippen LogP contribution is 2.28. The highest BCUT2D eigenvalue weighted by atomic mass is 32.2. The lowest BCUT2D eigenvalue weighted by atomic mass is 10.4. The van der Waals surface area contributed by atoms with Gasteiger partial charge in [-0.2, -0.15) is 4.68 Å². The van der Waals surface area contributed by atoms with Crippen LogP contribution >= 0.6 is 23.1 Å². The molecule has 3 aromatic heterocycles. The molecule has 0 saturated heterocycles. The van der Waals surface area contributed by atoms with Gasteiger partial charge < -0.3 is 10.3 Å². The van der Waals surface area contributed by atoms with E-state index in [1.807, 2.05) is 31.4 Å². The Morgan fingerprint density at radius 2 is 2.22 bits per heavy atom. The third-order valence-electron chi connectivity index (χ3n) is 3.23. The summed E-state index contributed by atoms with van der Waals surface area (Å²) in [6, 6.07) is 3.91. The molecular formula is C14H15N5O2S2. The van der Waals surface area contributed by atoms with Gasteiger partial charge in [0.15, 0.2) is 0 Å². The Hall–Kier alpha value is -2.13. The van der Waals surface area contributed by atoms with Gasteiger partial charge in [-0.1, -0.05) is 24.8 Å². The van der Waals surface area contributed by atoms with Crippen molar-refractivity contribution >= 4 is 23.1 Å². The molecule has 0 radical (unpaired) electrons. The number of aromatic nitrogens is 4. The summed E-state index contributed by atoms with van der Waals surface area (Å²) < 4.78 is 6.72. The maximum atomic E-state index is 11.9. The van der Waals surface area contributed by atoms with Crippen molar-refractivity contribution in [3.63, 3.8) is 0 Å². The zero-order valence-corrected chi connectivity index (χ0v) is 14.3. The first-order valence-corrected chi connectivity index (χ1v) is 8.83. The molecule has 0 unspecified atom stereocenters. The minimum atomic E-state index is -0.318. The molecule has 0 aromatic carbocycles. The van der Waals surface area contributed by atoms with Crippen LogP contribution in [-0.2, 0) is 12.2 Å². The van der Waals surface area contributed by atoms with E-state index in [1.165, 1.54) is 11.8 Å². The van der Waals surface area contributed by atoms with E-state index in [-0.39, 0.29) is 5.56 Å². The van der Waals surface area contributed by atoms with E-state index < -0.39 is 0 Å². The first-order chi connectivity index (χ1) is 11.1. The van der Waals surface area contributed by atoms with Crippen LogP contribution in [-0.4, -0.2) is 19.9 Å². The van der Waals surface area contributed by atoms with Crippen LogP contribution in [0.5, 0.6) is 0 Å². The molecule has 0 bridgehead atoms. The lowest BCUT2D eigenvalue weighted by Gasteiger charge is -2.05. The van der Waals surface area contributed by atoms with Crippen molar-refractivity contribution in [2.75, 3.05) is 5.84 Å². The van der Waals surface area contributed by atoms with Gasteiger partial charge >= 0.3 is 0 Å². The van der Waals surface area contributed by atoms with Gasteiger partial charge in [-0.25, -0.2) is 4.98 Å². The number of nitrogen functional groups attached to an aromatic ring is 1. The van der Waals surface area contributed by atoms with Crippen LogP contribution in [0.4, 0.5) is 0 Å². The number of hydrogen-bond acceptors (Lipinski definition) is 8. The fraction of sp³-hybridized carbons (Fsp3) is 0.286. The lowest BCUT2D eigenvalue weighted by Crippen LogP contribution is -2.33. The zero-order chi connectivity index (χ0) is 16.4. The van der Waals surface area contributed by atoms with Gasteiger partial charge in [0, 0.05) is 5.75 Å². The van der Waals surface area contributed by atoms with E-state index >= 15 is 0 Å². The quantitative estimate of drug-likeness (QED) is 0.557. The first-order valence-electron chi connectivity index (χ1n) is 6.96. The monoisotopic (exact) mass is 349 g/mol. The Morgan fingerprint density at radius 3 is 2.91 bits per heavy atom. The molecule has 3 aromatic rings. The molecule has 0 spiro atoms. The molecule has 120 valence electrons. The van der Waals surface area contributed by atoms with Crippen molar-refractivity contribution in [1.82, 2.24) is 19.9 Å². The molecule has 0 aliphatic carbocycles. The minimum absolute atomic E-state index is 0.318. The molecule has 7 nitrogen and oxygen atoms in total. The number of aryl methyl sites for hydroxylation is 2. The van der Waals surface area contributed by atoms with E-state index in [0.29, 0.717) is 28.9 Å². The van der Waals surface area contributed by atoms with Gasteiger partial charge in [0.2, 0.25) is 11.0 Å². The van der Waals surface area contributed by atoms with Crippen molar-refractivity contribution < 1.29 is 4.42 Å². The highest BCUT2D eigenvalue weighted by molar-refractivity contribution is 7.98. The SMILES string of the molecule is CCc1nnc(SCc2nc(-c3cccs3)oc2C)n(N)c1=O. The summed E-state index contributed by atoms with van der Waals surface area (Å²) in [4.78, 5) is 17.4. The van der Waals surface area contributed by atoms with Crippen LogP contribution in [0.15, 0.2) is 31.9 Å². The molecule has 0 saturated carbocycles. The molecule has 3 rings (SSSR count). The van der Waals surface area contributed by atoms with E-state index in [0.717, 1.165) is 21.0 Å². The van der Waals surface area contributed by atoms with Crippen LogP contribution in [0.1, 0.15) is 24.1 Å². The van der Waals surface area contributed by atoms with Gasteiger partial charge in [0.05, 0.1) is 10.6 Å². The average Bonchev–Trinajstić information content (AvgIpc) is 3.18. The summed E-state index contributed by atoms with van der Waals surface area (Å²) >= 11 is 2.87. The fourth-order valence-electron chi connectivity index (χ4n) is 1.94. The predicted molar refractivity (Wildman–Crippen MR) is 89.9 cm³/mol. The van der Waals surface area contributed by atoms with Crippen molar-refractivity contribution in [1.29, 1.82) is 0 Å². The van der Waals surface area contributed by atoms with Crippen LogP contribution in [0.2, 0.25) is 0 Å². The highest BCUT2D eigenvalue weighted by Gasteiger charge is 2.15. The van der Waals surface area contributed by atoms with Gasteiger partial charge in [0.25, 0.3) is 5.56 Å².